The normalized spacial score (nSPS) is 15.2. The Labute approximate surface area is 183 Å². The van der Waals surface area contributed by atoms with Crippen LogP contribution >= 0.6 is 11.6 Å². The molecule has 0 bridgehead atoms. The summed E-state index contributed by atoms with van der Waals surface area (Å²) in [5.41, 5.74) is -0.498. The summed E-state index contributed by atoms with van der Waals surface area (Å²) in [5, 5.41) is 13.5. The number of nitrogens with zero attached hydrogens (tertiary/aromatic N) is 2. The van der Waals surface area contributed by atoms with Crippen LogP contribution in [0.5, 0.6) is 0 Å². The molecule has 4 amide bonds. The van der Waals surface area contributed by atoms with Crippen LogP contribution in [0, 0.1) is 15.9 Å². The first-order chi connectivity index (χ1) is 15.2. The standard InChI is InChI=1S/C21H11ClFN3O6/c22-11-1-7-15(17(9-11)26(30)31)18-8-6-14(32-18)10-16-19(27)24-21(29)25(20(16)28)13-4-2-12(23)3-5-13/h1-10H,(H,24,27,29)/b16-10+. The summed E-state index contributed by atoms with van der Waals surface area (Å²) >= 11 is 5.82. The Bertz CT molecular complexity index is 1320. The molecule has 0 spiro atoms. The van der Waals surface area contributed by atoms with Crippen LogP contribution < -0.4 is 10.2 Å². The van der Waals surface area contributed by atoms with E-state index in [0.717, 1.165) is 18.2 Å². The third-order valence-electron chi connectivity index (χ3n) is 4.52. The highest BCUT2D eigenvalue weighted by Crippen LogP contribution is 2.34. The smallest absolute Gasteiger partial charge is 0.335 e. The van der Waals surface area contributed by atoms with Crippen molar-refractivity contribution >= 4 is 46.9 Å². The molecule has 1 aliphatic rings. The van der Waals surface area contributed by atoms with Crippen molar-refractivity contribution in [2.75, 3.05) is 4.90 Å². The van der Waals surface area contributed by atoms with Crippen molar-refractivity contribution in [3.63, 3.8) is 0 Å². The Balaban J connectivity index is 1.70. The van der Waals surface area contributed by atoms with Crippen LogP contribution in [-0.4, -0.2) is 22.8 Å². The number of anilines is 1. The van der Waals surface area contributed by atoms with Crippen LogP contribution in [0.3, 0.4) is 0 Å². The summed E-state index contributed by atoms with van der Waals surface area (Å²) in [6.07, 6.45) is 1.10. The Morgan fingerprint density at radius 1 is 1.06 bits per heavy atom. The van der Waals surface area contributed by atoms with E-state index in [1.54, 1.807) is 0 Å². The minimum Gasteiger partial charge on any atom is -0.456 e. The van der Waals surface area contributed by atoms with E-state index >= 15 is 0 Å². The van der Waals surface area contributed by atoms with Gasteiger partial charge in [-0.1, -0.05) is 11.6 Å². The van der Waals surface area contributed by atoms with E-state index in [1.807, 2.05) is 5.32 Å². The van der Waals surface area contributed by atoms with Gasteiger partial charge < -0.3 is 4.42 Å². The molecule has 2 heterocycles. The van der Waals surface area contributed by atoms with Crippen molar-refractivity contribution in [3.05, 3.63) is 86.9 Å². The third-order valence-corrected chi connectivity index (χ3v) is 4.76. The lowest BCUT2D eigenvalue weighted by Gasteiger charge is -2.26. The zero-order valence-corrected chi connectivity index (χ0v) is 16.6. The maximum absolute atomic E-state index is 13.2. The number of rotatable bonds is 4. The van der Waals surface area contributed by atoms with E-state index in [9.17, 15) is 28.9 Å². The molecule has 11 heteroatoms. The van der Waals surface area contributed by atoms with Crippen LogP contribution in [0.15, 0.2) is 64.6 Å². The lowest BCUT2D eigenvalue weighted by Crippen LogP contribution is -2.54. The molecular weight excluding hydrogens is 445 g/mol. The maximum atomic E-state index is 13.2. The number of urea groups is 1. The van der Waals surface area contributed by atoms with Gasteiger partial charge in [-0.25, -0.2) is 14.1 Å². The van der Waals surface area contributed by atoms with Gasteiger partial charge in [0.25, 0.3) is 17.5 Å². The summed E-state index contributed by atoms with van der Waals surface area (Å²) < 4.78 is 18.8. The molecule has 4 rings (SSSR count). The SMILES string of the molecule is O=C1NC(=O)N(c2ccc(F)cc2)C(=O)/C1=C/c1ccc(-c2ccc(Cl)cc2[N+](=O)[O-])o1. The molecular formula is C21H11ClFN3O6. The van der Waals surface area contributed by atoms with E-state index in [2.05, 4.69) is 0 Å². The predicted molar refractivity (Wildman–Crippen MR) is 111 cm³/mol. The zero-order valence-electron chi connectivity index (χ0n) is 15.9. The van der Waals surface area contributed by atoms with Crippen molar-refractivity contribution in [1.29, 1.82) is 0 Å². The summed E-state index contributed by atoms with van der Waals surface area (Å²) in [7, 11) is 0. The molecule has 32 heavy (non-hydrogen) atoms. The van der Waals surface area contributed by atoms with E-state index in [0.29, 0.717) is 4.90 Å². The molecule has 160 valence electrons. The maximum Gasteiger partial charge on any atom is 0.335 e. The first kappa shape index (κ1) is 20.9. The minimum atomic E-state index is -0.985. The minimum absolute atomic E-state index is 0.0381. The van der Waals surface area contributed by atoms with Gasteiger partial charge in [0.05, 0.1) is 16.2 Å². The van der Waals surface area contributed by atoms with Crippen molar-refractivity contribution in [3.8, 4) is 11.3 Å². The Morgan fingerprint density at radius 3 is 2.47 bits per heavy atom. The van der Waals surface area contributed by atoms with E-state index in [-0.39, 0.29) is 33.5 Å². The second-order valence-corrected chi connectivity index (χ2v) is 6.99. The van der Waals surface area contributed by atoms with E-state index in [4.69, 9.17) is 16.0 Å². The monoisotopic (exact) mass is 455 g/mol. The third kappa shape index (κ3) is 3.86. The number of nitrogens with one attached hydrogen (secondary N) is 1. The Hall–Kier alpha value is -4.31. The number of benzene rings is 2. The number of hydrogen-bond acceptors (Lipinski definition) is 6. The molecule has 0 saturated carbocycles. The Morgan fingerprint density at radius 2 is 1.78 bits per heavy atom. The highest BCUT2D eigenvalue weighted by molar-refractivity contribution is 6.39. The molecule has 2 aromatic carbocycles. The second-order valence-electron chi connectivity index (χ2n) is 6.55. The summed E-state index contributed by atoms with van der Waals surface area (Å²) in [6.45, 7) is 0. The van der Waals surface area contributed by atoms with Gasteiger partial charge >= 0.3 is 6.03 Å². The second kappa shape index (κ2) is 8.08. The predicted octanol–water partition coefficient (Wildman–Crippen LogP) is 4.31. The van der Waals surface area contributed by atoms with E-state index in [1.165, 1.54) is 42.5 Å². The molecule has 0 atom stereocenters. The molecule has 1 aromatic heterocycles. The largest absolute Gasteiger partial charge is 0.456 e. The highest BCUT2D eigenvalue weighted by Gasteiger charge is 2.37. The van der Waals surface area contributed by atoms with E-state index < -0.39 is 34.2 Å². The van der Waals surface area contributed by atoms with Crippen molar-refractivity contribution < 1.29 is 28.1 Å². The Kier molecular flexibility index (Phi) is 5.29. The van der Waals surface area contributed by atoms with Crippen LogP contribution in [-0.2, 0) is 9.59 Å². The molecule has 1 fully saturated rings. The van der Waals surface area contributed by atoms with Crippen LogP contribution in [0.25, 0.3) is 17.4 Å². The highest BCUT2D eigenvalue weighted by atomic mass is 35.5. The summed E-state index contributed by atoms with van der Waals surface area (Å²) in [5.74, 6) is -2.31. The zero-order chi connectivity index (χ0) is 23.0. The topological polar surface area (TPSA) is 123 Å². The van der Waals surface area contributed by atoms with Crippen molar-refractivity contribution in [1.82, 2.24) is 5.32 Å². The van der Waals surface area contributed by atoms with Gasteiger partial charge in [-0.15, -0.1) is 0 Å². The average molecular weight is 456 g/mol. The van der Waals surface area contributed by atoms with Gasteiger partial charge in [-0.05, 0) is 54.6 Å². The molecule has 1 N–H and O–H groups in total. The summed E-state index contributed by atoms with van der Waals surface area (Å²) in [4.78, 5) is 48.6. The fourth-order valence-electron chi connectivity index (χ4n) is 3.06. The van der Waals surface area contributed by atoms with Gasteiger partial charge in [-0.3, -0.25) is 25.0 Å². The number of halogens is 2. The van der Waals surface area contributed by atoms with Crippen LogP contribution in [0.4, 0.5) is 20.6 Å². The lowest BCUT2D eigenvalue weighted by atomic mass is 10.1. The average Bonchev–Trinajstić information content (AvgIpc) is 3.20. The number of imide groups is 2. The number of nitro groups is 1. The molecule has 0 aliphatic carbocycles. The molecule has 1 aliphatic heterocycles. The number of amides is 4. The molecule has 3 aromatic rings. The number of carbonyl (C=O) groups excluding carboxylic acids is 3. The van der Waals surface area contributed by atoms with Crippen molar-refractivity contribution in [2.24, 2.45) is 0 Å². The number of furan rings is 1. The van der Waals surface area contributed by atoms with Crippen LogP contribution in [0.1, 0.15) is 5.76 Å². The van der Waals surface area contributed by atoms with Crippen LogP contribution in [0.2, 0.25) is 5.02 Å². The number of barbiturate groups is 1. The molecule has 1 saturated heterocycles. The molecule has 0 unspecified atom stereocenters. The fraction of sp³-hybridized carbons (Fsp3) is 0. The van der Waals surface area contributed by atoms with Gasteiger partial charge in [0.15, 0.2) is 0 Å². The van der Waals surface area contributed by atoms with Gasteiger partial charge in [0.2, 0.25) is 0 Å². The quantitative estimate of drug-likeness (QED) is 0.270. The first-order valence-corrected chi connectivity index (χ1v) is 9.33. The van der Waals surface area contributed by atoms with Gasteiger partial charge in [0.1, 0.15) is 22.9 Å². The molecule has 9 nitrogen and oxygen atoms in total. The summed E-state index contributed by atoms with van der Waals surface area (Å²) in [6, 6.07) is 10.4. The van der Waals surface area contributed by atoms with Gasteiger partial charge in [0, 0.05) is 11.1 Å². The lowest BCUT2D eigenvalue weighted by molar-refractivity contribution is -0.384. The first-order valence-electron chi connectivity index (χ1n) is 8.96. The molecule has 0 radical (unpaired) electrons. The number of hydrogen-bond donors (Lipinski definition) is 1. The van der Waals surface area contributed by atoms with Gasteiger partial charge in [-0.2, -0.15) is 0 Å². The van der Waals surface area contributed by atoms with Crippen molar-refractivity contribution in [2.45, 2.75) is 0 Å². The fourth-order valence-corrected chi connectivity index (χ4v) is 3.23. The number of nitro benzene ring substituents is 1. The number of carbonyl (C=O) groups is 3.